The van der Waals surface area contributed by atoms with E-state index in [2.05, 4.69) is 0 Å². The maximum absolute atomic E-state index is 13.0. The Morgan fingerprint density at radius 3 is 2.76 bits per heavy atom. The van der Waals surface area contributed by atoms with Gasteiger partial charge in [0.1, 0.15) is 9.79 Å². The van der Waals surface area contributed by atoms with E-state index in [-0.39, 0.29) is 16.3 Å². The lowest BCUT2D eigenvalue weighted by atomic mass is 10.2. The molecule has 0 aliphatic heterocycles. The molecule has 2 heterocycles. The second kappa shape index (κ2) is 7.11. The van der Waals surface area contributed by atoms with Gasteiger partial charge in [-0.25, -0.2) is 9.10 Å². The number of hydrogen-bond acceptors (Lipinski definition) is 7. The fourth-order valence-corrected chi connectivity index (χ4v) is 5.54. The number of fused-ring (bicyclic) bond motifs is 1. The number of carbonyl (C=O) groups excluding carboxylic acids is 1. The summed E-state index contributed by atoms with van der Waals surface area (Å²) in [6.07, 6.45) is 1.50. The Balaban J connectivity index is 2.12. The Hall–Kier alpha value is -1.97. The highest BCUT2D eigenvalue weighted by Gasteiger charge is 2.31. The van der Waals surface area contributed by atoms with Gasteiger partial charge in [0.05, 0.1) is 10.4 Å². The molecular formula is C16H15NO5S3. The first-order chi connectivity index (χ1) is 11.9. The first kappa shape index (κ1) is 17.8. The largest absolute Gasteiger partial charge is 0.414 e. The average molecular weight is 397 g/mol. The minimum atomic E-state index is -4.00. The fourth-order valence-electron chi connectivity index (χ4n) is 2.33. The molecule has 0 aliphatic carbocycles. The van der Waals surface area contributed by atoms with Gasteiger partial charge in [0.15, 0.2) is 0 Å². The molecule has 6 nitrogen and oxygen atoms in total. The van der Waals surface area contributed by atoms with Crippen LogP contribution >= 0.6 is 22.7 Å². The monoisotopic (exact) mass is 397 g/mol. The van der Waals surface area contributed by atoms with Gasteiger partial charge in [0.25, 0.3) is 10.0 Å². The van der Waals surface area contributed by atoms with Crippen LogP contribution in [-0.2, 0) is 14.8 Å². The van der Waals surface area contributed by atoms with Gasteiger partial charge in [0, 0.05) is 6.42 Å². The zero-order chi connectivity index (χ0) is 18.0. The van der Waals surface area contributed by atoms with Crippen LogP contribution in [0.25, 0.3) is 10.3 Å². The number of unbranched alkanes of at least 4 members (excludes halogenated alkanes) is 1. The predicted octanol–water partition coefficient (Wildman–Crippen LogP) is 3.83. The standard InChI is InChI=1S/C16H15NO5S3/c1-2-3-5-14(18)17(25(20,21)15-6-4-9-23-15)11-7-8-12-13(10-11)24-16(19)22-12/h4,6-10H,2-3,5H2,1H3. The van der Waals surface area contributed by atoms with Crippen LogP contribution in [0, 0.1) is 0 Å². The van der Waals surface area contributed by atoms with E-state index >= 15 is 0 Å². The lowest BCUT2D eigenvalue weighted by Crippen LogP contribution is -2.36. The van der Waals surface area contributed by atoms with Gasteiger partial charge in [-0.05, 0) is 36.1 Å². The molecule has 0 spiro atoms. The molecule has 132 valence electrons. The van der Waals surface area contributed by atoms with Gasteiger partial charge in [0.2, 0.25) is 5.91 Å². The van der Waals surface area contributed by atoms with Gasteiger partial charge in [-0.3, -0.25) is 4.79 Å². The highest BCUT2D eigenvalue weighted by molar-refractivity contribution is 7.95. The lowest BCUT2D eigenvalue weighted by molar-refractivity contribution is -0.117. The van der Waals surface area contributed by atoms with Crippen LogP contribution < -0.4 is 9.24 Å². The van der Waals surface area contributed by atoms with Gasteiger partial charge in [-0.1, -0.05) is 30.7 Å². The van der Waals surface area contributed by atoms with Gasteiger partial charge < -0.3 is 4.42 Å². The Morgan fingerprint density at radius 1 is 1.28 bits per heavy atom. The van der Waals surface area contributed by atoms with E-state index in [0.29, 0.717) is 16.7 Å². The highest BCUT2D eigenvalue weighted by atomic mass is 32.2. The molecular weight excluding hydrogens is 382 g/mol. The number of amides is 1. The van der Waals surface area contributed by atoms with Crippen molar-refractivity contribution >= 4 is 54.6 Å². The molecule has 0 saturated carbocycles. The predicted molar refractivity (Wildman–Crippen MR) is 98.9 cm³/mol. The molecule has 25 heavy (non-hydrogen) atoms. The van der Waals surface area contributed by atoms with Crippen LogP contribution in [0.2, 0.25) is 0 Å². The van der Waals surface area contributed by atoms with E-state index in [0.717, 1.165) is 33.4 Å². The molecule has 3 rings (SSSR count). The molecule has 0 aliphatic rings. The second-order valence-electron chi connectivity index (χ2n) is 5.28. The van der Waals surface area contributed by atoms with Crippen LogP contribution in [0.5, 0.6) is 0 Å². The number of anilines is 1. The first-order valence-corrected chi connectivity index (χ1v) is 10.7. The van der Waals surface area contributed by atoms with Crippen molar-refractivity contribution in [1.82, 2.24) is 0 Å². The summed E-state index contributed by atoms with van der Waals surface area (Å²) in [6, 6.07) is 7.58. The van der Waals surface area contributed by atoms with Crippen LogP contribution in [0.4, 0.5) is 5.69 Å². The molecule has 2 aromatic heterocycles. The Morgan fingerprint density at radius 2 is 2.08 bits per heavy atom. The topological polar surface area (TPSA) is 84.7 Å². The molecule has 0 saturated heterocycles. The Kier molecular flexibility index (Phi) is 5.07. The molecule has 9 heteroatoms. The first-order valence-electron chi connectivity index (χ1n) is 7.59. The van der Waals surface area contributed by atoms with Crippen molar-refractivity contribution in [2.45, 2.75) is 30.4 Å². The van der Waals surface area contributed by atoms with E-state index in [9.17, 15) is 18.0 Å². The summed E-state index contributed by atoms with van der Waals surface area (Å²) in [4.78, 5) is 23.6. The van der Waals surface area contributed by atoms with Crippen molar-refractivity contribution in [2.24, 2.45) is 0 Å². The summed E-state index contributed by atoms with van der Waals surface area (Å²) in [5, 5.41) is 1.65. The number of hydrogen-bond donors (Lipinski definition) is 0. The number of thiophene rings is 1. The minimum absolute atomic E-state index is 0.0952. The number of nitrogens with zero attached hydrogens (tertiary/aromatic N) is 1. The van der Waals surface area contributed by atoms with Crippen molar-refractivity contribution in [3.63, 3.8) is 0 Å². The van der Waals surface area contributed by atoms with Crippen LogP contribution in [0.15, 0.2) is 49.1 Å². The van der Waals surface area contributed by atoms with Crippen molar-refractivity contribution < 1.29 is 17.6 Å². The van der Waals surface area contributed by atoms with E-state index in [1.165, 1.54) is 24.3 Å². The molecule has 0 fully saturated rings. The van der Waals surface area contributed by atoms with Crippen LogP contribution in [0.3, 0.4) is 0 Å². The summed E-state index contributed by atoms with van der Waals surface area (Å²) in [6.45, 7) is 1.93. The number of rotatable bonds is 6. The van der Waals surface area contributed by atoms with Crippen LogP contribution in [0.1, 0.15) is 26.2 Å². The summed E-state index contributed by atoms with van der Waals surface area (Å²) >= 11 is 1.92. The lowest BCUT2D eigenvalue weighted by Gasteiger charge is -2.21. The van der Waals surface area contributed by atoms with E-state index in [4.69, 9.17) is 4.42 Å². The van der Waals surface area contributed by atoms with E-state index in [1.807, 2.05) is 6.92 Å². The summed E-state index contributed by atoms with van der Waals surface area (Å²) in [5.41, 5.74) is 0.576. The Bertz CT molecular complexity index is 1050. The van der Waals surface area contributed by atoms with E-state index < -0.39 is 20.9 Å². The average Bonchev–Trinajstić information content (AvgIpc) is 3.21. The fraction of sp³-hybridized carbons (Fsp3) is 0.250. The maximum Gasteiger partial charge on any atom is 0.396 e. The van der Waals surface area contributed by atoms with Crippen molar-refractivity contribution in [3.8, 4) is 0 Å². The van der Waals surface area contributed by atoms with Gasteiger partial charge in [-0.15, -0.1) is 11.3 Å². The molecule has 0 radical (unpaired) electrons. The maximum atomic E-state index is 13.0. The molecule has 1 aromatic carbocycles. The smallest absolute Gasteiger partial charge is 0.396 e. The van der Waals surface area contributed by atoms with Gasteiger partial charge in [-0.2, -0.15) is 8.42 Å². The molecule has 1 amide bonds. The SMILES string of the molecule is CCCCC(=O)N(c1ccc2oc(=O)sc2c1)S(=O)(=O)c1cccs1. The molecule has 3 aromatic rings. The number of benzene rings is 1. The normalized spacial score (nSPS) is 11.7. The third-order valence-electron chi connectivity index (χ3n) is 3.51. The molecule has 0 unspecified atom stereocenters. The molecule has 0 N–H and O–H groups in total. The zero-order valence-corrected chi connectivity index (χ0v) is 15.7. The zero-order valence-electron chi connectivity index (χ0n) is 13.3. The van der Waals surface area contributed by atoms with Crippen molar-refractivity contribution in [1.29, 1.82) is 0 Å². The quantitative estimate of drug-likeness (QED) is 0.631. The summed E-state index contributed by atoms with van der Waals surface area (Å²) in [7, 11) is -4.00. The third-order valence-corrected chi connectivity index (χ3v) is 7.42. The number of sulfonamides is 1. The van der Waals surface area contributed by atoms with Gasteiger partial charge >= 0.3 is 4.94 Å². The van der Waals surface area contributed by atoms with E-state index in [1.54, 1.807) is 11.4 Å². The summed E-state index contributed by atoms with van der Waals surface area (Å²) in [5.74, 6) is -0.495. The van der Waals surface area contributed by atoms with Crippen LogP contribution in [-0.4, -0.2) is 14.3 Å². The van der Waals surface area contributed by atoms with Crippen molar-refractivity contribution in [2.75, 3.05) is 4.31 Å². The third kappa shape index (κ3) is 3.53. The molecule has 0 bridgehead atoms. The number of carbonyl (C=O) groups is 1. The molecule has 0 atom stereocenters. The Labute approximate surface area is 152 Å². The summed E-state index contributed by atoms with van der Waals surface area (Å²) < 4.78 is 32.4. The minimum Gasteiger partial charge on any atom is -0.414 e. The highest BCUT2D eigenvalue weighted by Crippen LogP contribution is 2.31. The van der Waals surface area contributed by atoms with Crippen molar-refractivity contribution in [3.05, 3.63) is 45.4 Å². The second-order valence-corrected chi connectivity index (χ2v) is 9.22.